The molecule has 2 aromatic heterocycles. The summed E-state index contributed by atoms with van der Waals surface area (Å²) in [6.45, 7) is 4.98. The molecule has 0 spiro atoms. The maximum Gasteiger partial charge on any atom is 0.251 e. The number of nitrogens with two attached hydrogens (primary N) is 1. The first-order chi connectivity index (χ1) is 12.6. The van der Waals surface area contributed by atoms with Crippen LogP contribution in [0.1, 0.15) is 27.7 Å². The van der Waals surface area contributed by atoms with Gasteiger partial charge in [0, 0.05) is 18.0 Å². The Labute approximate surface area is 159 Å². The van der Waals surface area contributed by atoms with E-state index >= 15 is 0 Å². The van der Waals surface area contributed by atoms with Crippen molar-refractivity contribution < 1.29 is 9.53 Å². The fourth-order valence-corrected chi connectivity index (χ4v) is 5.56. The molecular formula is C18H20N4O2S2. The zero-order valence-electron chi connectivity index (χ0n) is 14.7. The molecule has 0 radical (unpaired) electrons. The van der Waals surface area contributed by atoms with Crippen LogP contribution in [0.3, 0.4) is 0 Å². The molecule has 136 valence electrons. The minimum atomic E-state index is -0.381. The summed E-state index contributed by atoms with van der Waals surface area (Å²) in [5.41, 5.74) is 8.23. The van der Waals surface area contributed by atoms with Crippen molar-refractivity contribution in [2.45, 2.75) is 19.9 Å². The van der Waals surface area contributed by atoms with Gasteiger partial charge in [0.1, 0.15) is 16.3 Å². The molecule has 1 aromatic carbocycles. The summed E-state index contributed by atoms with van der Waals surface area (Å²) >= 11 is 3.14. The molecule has 3 aromatic rings. The van der Waals surface area contributed by atoms with Crippen molar-refractivity contribution in [2.75, 3.05) is 25.5 Å². The van der Waals surface area contributed by atoms with Gasteiger partial charge >= 0.3 is 0 Å². The van der Waals surface area contributed by atoms with E-state index in [2.05, 4.69) is 22.1 Å². The number of carbonyl (C=O) groups is 1. The highest BCUT2D eigenvalue weighted by molar-refractivity contribution is 7.23. The number of nitrogens with zero attached hydrogens (tertiary/aromatic N) is 2. The van der Waals surface area contributed by atoms with Crippen LogP contribution in [0.15, 0.2) is 18.2 Å². The van der Waals surface area contributed by atoms with E-state index in [0.717, 1.165) is 57.7 Å². The highest BCUT2D eigenvalue weighted by atomic mass is 32.1. The van der Waals surface area contributed by atoms with Gasteiger partial charge in [0.2, 0.25) is 0 Å². The molecule has 26 heavy (non-hydrogen) atoms. The third-order valence-electron chi connectivity index (χ3n) is 4.65. The molecule has 0 unspecified atom stereocenters. The number of thiazole rings is 1. The summed E-state index contributed by atoms with van der Waals surface area (Å²) in [7, 11) is 1.64. The molecule has 0 bridgehead atoms. The molecular weight excluding hydrogens is 368 g/mol. The fourth-order valence-electron chi connectivity index (χ4n) is 3.31. The summed E-state index contributed by atoms with van der Waals surface area (Å²) in [5.74, 6) is 0.361. The standard InChI is InChI=1S/C18H20N4O2S2/c1-3-22-8-7-10-13(9-22)25-17(14(10)16(19)23)21-18-20-15-11(24-2)5-4-6-12(15)26-18/h4-6H,3,7-9H2,1-2H3,(H2,19,23)(H,20,21). The predicted molar refractivity (Wildman–Crippen MR) is 107 cm³/mol. The van der Waals surface area contributed by atoms with Crippen LogP contribution >= 0.6 is 22.7 Å². The van der Waals surface area contributed by atoms with Crippen LogP contribution in [0.4, 0.5) is 10.1 Å². The lowest BCUT2D eigenvalue weighted by atomic mass is 10.0. The second kappa shape index (κ2) is 6.86. The number of nitrogens with one attached hydrogen (secondary N) is 1. The van der Waals surface area contributed by atoms with Crippen LogP contribution < -0.4 is 15.8 Å². The second-order valence-corrected chi connectivity index (χ2v) is 8.28. The van der Waals surface area contributed by atoms with Crippen molar-refractivity contribution in [3.8, 4) is 5.75 Å². The first-order valence-corrected chi connectivity index (χ1v) is 10.1. The lowest BCUT2D eigenvalue weighted by molar-refractivity contribution is 0.1000. The van der Waals surface area contributed by atoms with Crippen LogP contribution in [0.25, 0.3) is 10.2 Å². The number of thiophene rings is 1. The van der Waals surface area contributed by atoms with E-state index in [4.69, 9.17) is 10.5 Å². The lowest BCUT2D eigenvalue weighted by Gasteiger charge is -2.25. The van der Waals surface area contributed by atoms with Gasteiger partial charge in [-0.1, -0.05) is 24.3 Å². The Balaban J connectivity index is 1.72. The number of para-hydroxylation sites is 1. The smallest absolute Gasteiger partial charge is 0.251 e. The third-order valence-corrected chi connectivity index (χ3v) is 6.72. The van der Waals surface area contributed by atoms with E-state index in [-0.39, 0.29) is 5.91 Å². The van der Waals surface area contributed by atoms with Crippen molar-refractivity contribution >= 4 is 48.9 Å². The number of carbonyl (C=O) groups excluding carboxylic acids is 1. The number of amides is 1. The average Bonchev–Trinajstić information content (AvgIpc) is 3.20. The number of aromatic nitrogens is 1. The van der Waals surface area contributed by atoms with Crippen LogP contribution in [0, 0.1) is 0 Å². The molecule has 0 saturated carbocycles. The second-order valence-electron chi connectivity index (χ2n) is 6.14. The van der Waals surface area contributed by atoms with E-state index < -0.39 is 0 Å². The van der Waals surface area contributed by atoms with Crippen LogP contribution in [-0.2, 0) is 13.0 Å². The molecule has 1 aliphatic rings. The van der Waals surface area contributed by atoms with Crippen molar-refractivity contribution in [2.24, 2.45) is 5.73 Å². The average molecular weight is 389 g/mol. The highest BCUT2D eigenvalue weighted by Gasteiger charge is 2.27. The topological polar surface area (TPSA) is 80.5 Å². The molecule has 1 aliphatic heterocycles. The SMILES string of the molecule is CCN1CCc2c(sc(Nc3nc4c(OC)cccc4s3)c2C(N)=O)C1. The van der Waals surface area contributed by atoms with Gasteiger partial charge in [-0.3, -0.25) is 9.69 Å². The van der Waals surface area contributed by atoms with Crippen molar-refractivity contribution in [1.82, 2.24) is 9.88 Å². The minimum Gasteiger partial charge on any atom is -0.494 e. The largest absolute Gasteiger partial charge is 0.494 e. The number of hydrogen-bond acceptors (Lipinski definition) is 7. The van der Waals surface area contributed by atoms with Gasteiger partial charge in [-0.15, -0.1) is 11.3 Å². The molecule has 3 heterocycles. The lowest BCUT2D eigenvalue weighted by Crippen LogP contribution is -2.30. The summed E-state index contributed by atoms with van der Waals surface area (Å²) in [6, 6.07) is 5.85. The van der Waals surface area contributed by atoms with E-state index in [1.165, 1.54) is 16.2 Å². The van der Waals surface area contributed by atoms with Crippen molar-refractivity contribution in [3.63, 3.8) is 0 Å². The van der Waals surface area contributed by atoms with Gasteiger partial charge in [-0.05, 0) is 30.7 Å². The van der Waals surface area contributed by atoms with Crippen LogP contribution in [0.5, 0.6) is 5.75 Å². The molecule has 6 nitrogen and oxygen atoms in total. The number of benzene rings is 1. The van der Waals surface area contributed by atoms with Gasteiger partial charge in [-0.25, -0.2) is 4.98 Å². The summed E-state index contributed by atoms with van der Waals surface area (Å²) in [4.78, 5) is 20.3. The molecule has 0 saturated heterocycles. The maximum atomic E-state index is 12.1. The summed E-state index contributed by atoms with van der Waals surface area (Å²) in [6.07, 6.45) is 0.854. The van der Waals surface area contributed by atoms with E-state index in [1.807, 2.05) is 18.2 Å². The zero-order chi connectivity index (χ0) is 18.3. The highest BCUT2D eigenvalue weighted by Crippen LogP contribution is 2.40. The number of anilines is 2. The number of primary amides is 1. The Morgan fingerprint density at radius 1 is 1.42 bits per heavy atom. The van der Waals surface area contributed by atoms with E-state index in [9.17, 15) is 4.79 Å². The molecule has 1 amide bonds. The number of methoxy groups -OCH3 is 1. The maximum absolute atomic E-state index is 12.1. The van der Waals surface area contributed by atoms with Crippen LogP contribution in [0.2, 0.25) is 0 Å². The minimum absolute atomic E-state index is 0.381. The van der Waals surface area contributed by atoms with E-state index in [0.29, 0.717) is 5.56 Å². The Morgan fingerprint density at radius 3 is 3.00 bits per heavy atom. The predicted octanol–water partition coefficient (Wildman–Crippen LogP) is 3.59. The third kappa shape index (κ3) is 2.94. The monoisotopic (exact) mass is 388 g/mol. The zero-order valence-corrected chi connectivity index (χ0v) is 16.3. The number of hydrogen-bond donors (Lipinski definition) is 2. The van der Waals surface area contributed by atoms with Gasteiger partial charge in [0.15, 0.2) is 5.13 Å². The van der Waals surface area contributed by atoms with Gasteiger partial charge in [-0.2, -0.15) is 0 Å². The molecule has 3 N–H and O–H groups in total. The van der Waals surface area contributed by atoms with Gasteiger partial charge in [0.25, 0.3) is 5.91 Å². The van der Waals surface area contributed by atoms with E-state index in [1.54, 1.807) is 18.4 Å². The van der Waals surface area contributed by atoms with Crippen molar-refractivity contribution in [1.29, 1.82) is 0 Å². The molecule has 8 heteroatoms. The number of fused-ring (bicyclic) bond motifs is 2. The number of likely N-dealkylation sites (N-methyl/N-ethyl adjacent to an activating group) is 1. The Hall–Kier alpha value is -2.16. The first-order valence-electron chi connectivity index (χ1n) is 8.48. The number of rotatable bonds is 5. The first kappa shape index (κ1) is 17.3. The quantitative estimate of drug-likeness (QED) is 0.698. The van der Waals surface area contributed by atoms with Crippen LogP contribution in [-0.4, -0.2) is 36.0 Å². The Morgan fingerprint density at radius 2 is 2.27 bits per heavy atom. The molecule has 0 fully saturated rings. The van der Waals surface area contributed by atoms with Gasteiger partial charge < -0.3 is 15.8 Å². The molecule has 4 rings (SSSR count). The molecule has 0 aliphatic carbocycles. The summed E-state index contributed by atoms with van der Waals surface area (Å²) in [5, 5.41) is 4.86. The normalized spacial score (nSPS) is 14.4. The fraction of sp³-hybridized carbons (Fsp3) is 0.333. The van der Waals surface area contributed by atoms with Gasteiger partial charge in [0.05, 0.1) is 17.4 Å². The number of ether oxygens (including phenoxy) is 1. The summed E-state index contributed by atoms with van der Waals surface area (Å²) < 4.78 is 6.42. The Bertz CT molecular complexity index is 979. The van der Waals surface area contributed by atoms with Crippen molar-refractivity contribution in [3.05, 3.63) is 34.2 Å². The molecule has 0 atom stereocenters. The Kier molecular flexibility index (Phi) is 4.56.